The third-order valence-corrected chi connectivity index (χ3v) is 4.82. The minimum atomic E-state index is -0.167. The van der Waals surface area contributed by atoms with Crippen molar-refractivity contribution in [2.75, 3.05) is 41.8 Å². The van der Waals surface area contributed by atoms with Crippen LogP contribution in [0.1, 0.15) is 15.9 Å². The number of pyridine rings is 1. The molecule has 29 heavy (non-hydrogen) atoms. The zero-order valence-electron chi connectivity index (χ0n) is 16.4. The van der Waals surface area contributed by atoms with Gasteiger partial charge in [0.1, 0.15) is 5.82 Å². The molecular weight excluding hydrogens is 364 g/mol. The Morgan fingerprint density at radius 2 is 1.86 bits per heavy atom. The number of benzene rings is 2. The monoisotopic (exact) mass is 388 g/mol. The molecule has 4 rings (SSSR count). The number of rotatable bonds is 5. The van der Waals surface area contributed by atoms with E-state index < -0.39 is 0 Å². The molecule has 0 saturated carbocycles. The normalized spacial score (nSPS) is 13.8. The number of para-hydroxylation sites is 2. The Kier molecular flexibility index (Phi) is 5.72. The van der Waals surface area contributed by atoms with E-state index in [0.717, 1.165) is 48.9 Å². The minimum Gasteiger partial charge on any atom is -0.378 e. The molecule has 2 heterocycles. The highest BCUT2D eigenvalue weighted by molar-refractivity contribution is 6.03. The summed E-state index contributed by atoms with van der Waals surface area (Å²) in [5.74, 6) is 0.350. The zero-order chi connectivity index (χ0) is 20.1. The van der Waals surface area contributed by atoms with Crippen LogP contribution in [0.15, 0.2) is 66.9 Å². The number of nitrogens with zero attached hydrogens (tertiary/aromatic N) is 2. The smallest absolute Gasteiger partial charge is 0.256 e. The number of carbonyl (C=O) groups excluding carboxylic acids is 1. The summed E-state index contributed by atoms with van der Waals surface area (Å²) in [7, 11) is 0. The summed E-state index contributed by atoms with van der Waals surface area (Å²) in [6.07, 6.45) is 1.72. The molecule has 0 unspecified atom stereocenters. The fourth-order valence-electron chi connectivity index (χ4n) is 3.33. The Morgan fingerprint density at radius 1 is 1.03 bits per heavy atom. The highest BCUT2D eigenvalue weighted by Crippen LogP contribution is 2.29. The van der Waals surface area contributed by atoms with Gasteiger partial charge < -0.3 is 20.3 Å². The molecule has 6 heteroatoms. The van der Waals surface area contributed by atoms with Crippen molar-refractivity contribution in [2.24, 2.45) is 0 Å². The summed E-state index contributed by atoms with van der Waals surface area (Å²) in [5, 5.41) is 6.27. The molecule has 0 atom stereocenters. The molecule has 1 saturated heterocycles. The molecule has 0 bridgehead atoms. The van der Waals surface area contributed by atoms with E-state index >= 15 is 0 Å². The molecule has 0 spiro atoms. The van der Waals surface area contributed by atoms with Crippen molar-refractivity contribution in [3.05, 3.63) is 78.0 Å². The fourth-order valence-corrected chi connectivity index (χ4v) is 3.33. The molecule has 1 aliphatic rings. The van der Waals surface area contributed by atoms with E-state index in [1.807, 2.05) is 43.3 Å². The third kappa shape index (κ3) is 4.73. The minimum absolute atomic E-state index is 0.167. The first-order chi connectivity index (χ1) is 14.2. The van der Waals surface area contributed by atoms with Gasteiger partial charge in [0.25, 0.3) is 5.91 Å². The molecule has 2 aromatic carbocycles. The Bertz CT molecular complexity index is 982. The maximum atomic E-state index is 12.4. The van der Waals surface area contributed by atoms with Crippen molar-refractivity contribution >= 4 is 28.8 Å². The molecule has 1 aliphatic heterocycles. The molecule has 1 amide bonds. The Morgan fingerprint density at radius 3 is 2.62 bits per heavy atom. The van der Waals surface area contributed by atoms with Crippen molar-refractivity contribution in [3.63, 3.8) is 0 Å². The van der Waals surface area contributed by atoms with Crippen LogP contribution in [0.5, 0.6) is 0 Å². The molecule has 3 aromatic rings. The van der Waals surface area contributed by atoms with Crippen LogP contribution < -0.4 is 15.5 Å². The topological polar surface area (TPSA) is 66.5 Å². The van der Waals surface area contributed by atoms with Gasteiger partial charge in [-0.1, -0.05) is 29.8 Å². The standard InChI is InChI=1S/C23H24N4O2/c1-17-5-4-6-18(15-17)23(28)26-22-10-9-19(16-24-22)25-20-7-2-3-8-21(20)27-11-13-29-14-12-27/h2-10,15-16,25H,11-14H2,1H3,(H,24,26,28). The zero-order valence-corrected chi connectivity index (χ0v) is 16.4. The number of aryl methyl sites for hydroxylation is 1. The number of ether oxygens (including phenoxy) is 1. The van der Waals surface area contributed by atoms with Crippen molar-refractivity contribution in [2.45, 2.75) is 6.92 Å². The molecule has 6 nitrogen and oxygen atoms in total. The van der Waals surface area contributed by atoms with Gasteiger partial charge in [-0.3, -0.25) is 4.79 Å². The van der Waals surface area contributed by atoms with Gasteiger partial charge in [0, 0.05) is 18.7 Å². The van der Waals surface area contributed by atoms with Crippen LogP contribution in [0.25, 0.3) is 0 Å². The molecule has 148 valence electrons. The number of hydrogen-bond donors (Lipinski definition) is 2. The van der Waals surface area contributed by atoms with Crippen LogP contribution in [0, 0.1) is 6.92 Å². The lowest BCUT2D eigenvalue weighted by Gasteiger charge is -2.30. The van der Waals surface area contributed by atoms with E-state index in [4.69, 9.17) is 4.74 Å². The van der Waals surface area contributed by atoms with E-state index in [1.54, 1.807) is 18.3 Å². The summed E-state index contributed by atoms with van der Waals surface area (Å²) in [6, 6.07) is 19.4. The number of anilines is 4. The Labute approximate surface area is 170 Å². The predicted octanol–water partition coefficient (Wildman–Crippen LogP) is 4.22. The van der Waals surface area contributed by atoms with Gasteiger partial charge >= 0.3 is 0 Å². The summed E-state index contributed by atoms with van der Waals surface area (Å²) in [6.45, 7) is 5.20. The van der Waals surface area contributed by atoms with E-state index in [9.17, 15) is 4.79 Å². The Balaban J connectivity index is 1.44. The predicted molar refractivity (Wildman–Crippen MR) is 116 cm³/mol. The second-order valence-corrected chi connectivity index (χ2v) is 7.00. The maximum absolute atomic E-state index is 12.4. The SMILES string of the molecule is Cc1cccc(C(=O)Nc2ccc(Nc3ccccc3N3CCOCC3)cn2)c1. The van der Waals surface area contributed by atoms with E-state index in [-0.39, 0.29) is 5.91 Å². The van der Waals surface area contributed by atoms with Gasteiger partial charge in [0.15, 0.2) is 0 Å². The third-order valence-electron chi connectivity index (χ3n) is 4.82. The Hall–Kier alpha value is -3.38. The highest BCUT2D eigenvalue weighted by atomic mass is 16.5. The lowest BCUT2D eigenvalue weighted by atomic mass is 10.1. The average Bonchev–Trinajstić information content (AvgIpc) is 2.76. The average molecular weight is 388 g/mol. The number of aromatic nitrogens is 1. The molecule has 1 fully saturated rings. The van der Waals surface area contributed by atoms with Crippen molar-refractivity contribution < 1.29 is 9.53 Å². The van der Waals surface area contributed by atoms with Gasteiger partial charge in [-0.15, -0.1) is 0 Å². The fraction of sp³-hybridized carbons (Fsp3) is 0.217. The summed E-state index contributed by atoms with van der Waals surface area (Å²) < 4.78 is 5.46. The van der Waals surface area contributed by atoms with Gasteiger partial charge in [-0.05, 0) is 43.3 Å². The van der Waals surface area contributed by atoms with Gasteiger partial charge in [0.2, 0.25) is 0 Å². The van der Waals surface area contributed by atoms with E-state index in [1.165, 1.54) is 0 Å². The number of amides is 1. The number of morpholine rings is 1. The molecular formula is C23H24N4O2. The quantitative estimate of drug-likeness (QED) is 0.685. The largest absolute Gasteiger partial charge is 0.378 e. The summed E-state index contributed by atoms with van der Waals surface area (Å²) in [5.41, 5.74) is 4.69. The summed E-state index contributed by atoms with van der Waals surface area (Å²) >= 11 is 0. The molecule has 0 aliphatic carbocycles. The van der Waals surface area contributed by atoms with Crippen molar-refractivity contribution in [3.8, 4) is 0 Å². The van der Waals surface area contributed by atoms with Crippen molar-refractivity contribution in [1.29, 1.82) is 0 Å². The number of nitrogens with one attached hydrogen (secondary N) is 2. The first kappa shape index (κ1) is 19.0. The molecule has 1 aromatic heterocycles. The second-order valence-electron chi connectivity index (χ2n) is 7.00. The van der Waals surface area contributed by atoms with Crippen LogP contribution in [0.4, 0.5) is 22.9 Å². The van der Waals surface area contributed by atoms with E-state index in [2.05, 4.69) is 32.7 Å². The first-order valence-electron chi connectivity index (χ1n) is 9.72. The lowest BCUT2D eigenvalue weighted by molar-refractivity contribution is 0.102. The lowest BCUT2D eigenvalue weighted by Crippen LogP contribution is -2.36. The van der Waals surface area contributed by atoms with Gasteiger partial charge in [-0.25, -0.2) is 4.98 Å². The van der Waals surface area contributed by atoms with Gasteiger partial charge in [-0.2, -0.15) is 0 Å². The van der Waals surface area contributed by atoms with Crippen LogP contribution in [-0.4, -0.2) is 37.2 Å². The molecule has 0 radical (unpaired) electrons. The van der Waals surface area contributed by atoms with E-state index in [0.29, 0.717) is 11.4 Å². The second kappa shape index (κ2) is 8.75. The van der Waals surface area contributed by atoms with Crippen LogP contribution >= 0.6 is 0 Å². The number of hydrogen-bond acceptors (Lipinski definition) is 5. The van der Waals surface area contributed by atoms with Crippen molar-refractivity contribution in [1.82, 2.24) is 4.98 Å². The number of carbonyl (C=O) groups is 1. The summed E-state index contributed by atoms with van der Waals surface area (Å²) in [4.78, 5) is 19.1. The highest BCUT2D eigenvalue weighted by Gasteiger charge is 2.14. The first-order valence-corrected chi connectivity index (χ1v) is 9.72. The van der Waals surface area contributed by atoms with Gasteiger partial charge in [0.05, 0.1) is 36.5 Å². The van der Waals surface area contributed by atoms with Crippen LogP contribution in [0.2, 0.25) is 0 Å². The molecule has 2 N–H and O–H groups in total. The maximum Gasteiger partial charge on any atom is 0.256 e. The van der Waals surface area contributed by atoms with Crippen LogP contribution in [0.3, 0.4) is 0 Å². The van der Waals surface area contributed by atoms with Crippen LogP contribution in [-0.2, 0) is 4.74 Å².